The third-order valence-corrected chi connectivity index (χ3v) is 2.97. The summed E-state index contributed by atoms with van der Waals surface area (Å²) in [5, 5.41) is 0. The molecule has 0 fully saturated rings. The molecule has 19 heavy (non-hydrogen) atoms. The van der Waals surface area contributed by atoms with Crippen molar-refractivity contribution in [3.8, 4) is 0 Å². The maximum absolute atomic E-state index is 11.5. The van der Waals surface area contributed by atoms with Crippen LogP contribution in [0.1, 0.15) is 59.8 Å². The molecule has 0 heterocycles. The van der Waals surface area contributed by atoms with Gasteiger partial charge in [-0.1, -0.05) is 40.5 Å². The van der Waals surface area contributed by atoms with E-state index in [0.717, 1.165) is 12.8 Å². The van der Waals surface area contributed by atoms with E-state index in [1.54, 1.807) is 0 Å². The normalized spacial score (nSPS) is 10.8. The van der Waals surface area contributed by atoms with Crippen molar-refractivity contribution >= 4 is 11.9 Å². The van der Waals surface area contributed by atoms with Gasteiger partial charge in [-0.25, -0.2) is 0 Å². The summed E-state index contributed by atoms with van der Waals surface area (Å²) in [6.07, 6.45) is 3.11. The molecule has 4 heteroatoms. The first-order valence-corrected chi connectivity index (χ1v) is 7.30. The second kappa shape index (κ2) is 10.8. The van der Waals surface area contributed by atoms with E-state index >= 15 is 0 Å². The molecule has 0 aromatic heterocycles. The molecule has 0 saturated carbocycles. The summed E-state index contributed by atoms with van der Waals surface area (Å²) in [6.45, 7) is 9.09. The number of carbonyl (C=O) groups is 2. The van der Waals surface area contributed by atoms with Crippen molar-refractivity contribution in [3.63, 3.8) is 0 Å². The standard InChI is InChI=1S/C15H28O4/c1-5-13(6-2)11-19-15(17)9-7-8-14(16)18-10-12(3)4/h12-13H,5-11H2,1-4H3. The van der Waals surface area contributed by atoms with Gasteiger partial charge >= 0.3 is 11.9 Å². The van der Waals surface area contributed by atoms with Crippen molar-refractivity contribution in [1.29, 1.82) is 0 Å². The van der Waals surface area contributed by atoms with Crippen molar-refractivity contribution in [2.24, 2.45) is 11.8 Å². The number of esters is 2. The average Bonchev–Trinajstić information content (AvgIpc) is 2.37. The zero-order valence-corrected chi connectivity index (χ0v) is 12.7. The van der Waals surface area contributed by atoms with Gasteiger partial charge in [0, 0.05) is 12.8 Å². The number of rotatable bonds is 10. The van der Waals surface area contributed by atoms with Crippen LogP contribution in [0.2, 0.25) is 0 Å². The molecule has 0 rings (SSSR count). The molecule has 0 aromatic carbocycles. The third kappa shape index (κ3) is 10.5. The van der Waals surface area contributed by atoms with Crippen molar-refractivity contribution in [1.82, 2.24) is 0 Å². The minimum absolute atomic E-state index is 0.219. The van der Waals surface area contributed by atoms with Crippen LogP contribution < -0.4 is 0 Å². The number of hydrogen-bond donors (Lipinski definition) is 0. The molecule has 0 aliphatic heterocycles. The number of hydrogen-bond acceptors (Lipinski definition) is 4. The topological polar surface area (TPSA) is 52.6 Å². The minimum atomic E-state index is -0.235. The Morgan fingerprint density at radius 3 is 1.79 bits per heavy atom. The van der Waals surface area contributed by atoms with Crippen LogP contribution in [-0.4, -0.2) is 25.2 Å². The summed E-state index contributed by atoms with van der Waals surface area (Å²) in [6, 6.07) is 0. The number of ether oxygens (including phenoxy) is 2. The van der Waals surface area contributed by atoms with Crippen LogP contribution >= 0.6 is 0 Å². The molecular formula is C15H28O4. The third-order valence-electron chi connectivity index (χ3n) is 2.97. The van der Waals surface area contributed by atoms with Crippen LogP contribution in [0.15, 0.2) is 0 Å². The van der Waals surface area contributed by atoms with E-state index < -0.39 is 0 Å². The Morgan fingerprint density at radius 2 is 1.37 bits per heavy atom. The second-order valence-electron chi connectivity index (χ2n) is 5.30. The lowest BCUT2D eigenvalue weighted by atomic mass is 10.1. The molecule has 0 aliphatic carbocycles. The Balaban J connectivity index is 3.60. The highest BCUT2D eigenvalue weighted by Crippen LogP contribution is 2.09. The van der Waals surface area contributed by atoms with Gasteiger partial charge in [0.25, 0.3) is 0 Å². The van der Waals surface area contributed by atoms with Crippen LogP contribution in [0.3, 0.4) is 0 Å². The summed E-state index contributed by atoms with van der Waals surface area (Å²) in [4.78, 5) is 22.8. The minimum Gasteiger partial charge on any atom is -0.465 e. The molecule has 0 radical (unpaired) electrons. The Kier molecular flexibility index (Phi) is 10.2. The molecule has 0 N–H and O–H groups in total. The molecule has 4 nitrogen and oxygen atoms in total. The highest BCUT2D eigenvalue weighted by molar-refractivity contribution is 5.72. The first kappa shape index (κ1) is 17.9. The molecule has 0 unspecified atom stereocenters. The lowest BCUT2D eigenvalue weighted by Gasteiger charge is -2.12. The predicted molar refractivity (Wildman–Crippen MR) is 74.7 cm³/mol. The van der Waals surface area contributed by atoms with Crippen molar-refractivity contribution in [2.45, 2.75) is 59.8 Å². The van der Waals surface area contributed by atoms with Crippen LogP contribution in [0, 0.1) is 11.8 Å². The largest absolute Gasteiger partial charge is 0.465 e. The zero-order valence-electron chi connectivity index (χ0n) is 12.7. The zero-order chi connectivity index (χ0) is 14.7. The summed E-state index contributed by atoms with van der Waals surface area (Å²) >= 11 is 0. The van der Waals surface area contributed by atoms with Gasteiger partial charge in [0.2, 0.25) is 0 Å². The average molecular weight is 272 g/mol. The molecule has 0 spiro atoms. The quantitative estimate of drug-likeness (QED) is 0.572. The number of carbonyl (C=O) groups excluding carboxylic acids is 2. The van der Waals surface area contributed by atoms with Crippen LogP contribution in [-0.2, 0) is 19.1 Å². The van der Waals surface area contributed by atoms with Gasteiger partial charge in [-0.05, 0) is 18.3 Å². The molecule has 0 amide bonds. The highest BCUT2D eigenvalue weighted by Gasteiger charge is 2.10. The summed E-state index contributed by atoms with van der Waals surface area (Å²) in [5.74, 6) is 0.332. The van der Waals surface area contributed by atoms with Crippen LogP contribution in [0.25, 0.3) is 0 Å². The van der Waals surface area contributed by atoms with Gasteiger partial charge in [0.05, 0.1) is 13.2 Å². The fraction of sp³-hybridized carbons (Fsp3) is 0.867. The first-order valence-electron chi connectivity index (χ1n) is 7.30. The van der Waals surface area contributed by atoms with E-state index in [-0.39, 0.29) is 24.8 Å². The van der Waals surface area contributed by atoms with E-state index in [1.807, 2.05) is 13.8 Å². The molecule has 0 aromatic rings. The van der Waals surface area contributed by atoms with Gasteiger partial charge in [-0.2, -0.15) is 0 Å². The van der Waals surface area contributed by atoms with E-state index in [4.69, 9.17) is 9.47 Å². The molecule has 112 valence electrons. The lowest BCUT2D eigenvalue weighted by molar-refractivity contribution is -0.146. The Labute approximate surface area is 116 Å². The fourth-order valence-corrected chi connectivity index (χ4v) is 1.52. The van der Waals surface area contributed by atoms with Crippen molar-refractivity contribution in [2.75, 3.05) is 13.2 Å². The SMILES string of the molecule is CCC(CC)COC(=O)CCCC(=O)OCC(C)C. The second-order valence-corrected chi connectivity index (χ2v) is 5.30. The van der Waals surface area contributed by atoms with Gasteiger partial charge in [-0.15, -0.1) is 0 Å². The van der Waals surface area contributed by atoms with Gasteiger partial charge < -0.3 is 9.47 Å². The van der Waals surface area contributed by atoms with Gasteiger partial charge in [0.1, 0.15) is 0 Å². The maximum Gasteiger partial charge on any atom is 0.305 e. The maximum atomic E-state index is 11.5. The van der Waals surface area contributed by atoms with E-state index in [1.165, 1.54) is 0 Å². The van der Waals surface area contributed by atoms with Crippen LogP contribution in [0.4, 0.5) is 0 Å². The Morgan fingerprint density at radius 1 is 0.895 bits per heavy atom. The predicted octanol–water partition coefficient (Wildman–Crippen LogP) is 3.34. The smallest absolute Gasteiger partial charge is 0.305 e. The Hall–Kier alpha value is -1.06. The molecule has 0 aliphatic rings. The lowest BCUT2D eigenvalue weighted by Crippen LogP contribution is -2.14. The van der Waals surface area contributed by atoms with Gasteiger partial charge in [0.15, 0.2) is 0 Å². The van der Waals surface area contributed by atoms with Crippen molar-refractivity contribution in [3.05, 3.63) is 0 Å². The fourth-order valence-electron chi connectivity index (χ4n) is 1.52. The monoisotopic (exact) mass is 272 g/mol. The molecule has 0 saturated heterocycles. The highest BCUT2D eigenvalue weighted by atomic mass is 16.5. The van der Waals surface area contributed by atoms with Crippen LogP contribution in [0.5, 0.6) is 0 Å². The Bertz CT molecular complexity index is 257. The summed E-state index contributed by atoms with van der Waals surface area (Å²) in [7, 11) is 0. The summed E-state index contributed by atoms with van der Waals surface area (Å²) < 4.78 is 10.2. The van der Waals surface area contributed by atoms with Gasteiger partial charge in [-0.3, -0.25) is 9.59 Å². The first-order chi connectivity index (χ1) is 8.99. The molecule has 0 atom stereocenters. The van der Waals surface area contributed by atoms with E-state index in [0.29, 0.717) is 31.5 Å². The molecular weight excluding hydrogens is 244 g/mol. The van der Waals surface area contributed by atoms with Crippen molar-refractivity contribution < 1.29 is 19.1 Å². The summed E-state index contributed by atoms with van der Waals surface area (Å²) in [5.41, 5.74) is 0. The van der Waals surface area contributed by atoms with E-state index in [2.05, 4.69) is 13.8 Å². The molecule has 0 bridgehead atoms. The van der Waals surface area contributed by atoms with E-state index in [9.17, 15) is 9.59 Å².